The van der Waals surface area contributed by atoms with E-state index in [0.29, 0.717) is 11.8 Å². The van der Waals surface area contributed by atoms with Gasteiger partial charge in [0.1, 0.15) is 5.75 Å². The Morgan fingerprint density at radius 2 is 1.57 bits per heavy atom. The highest BCUT2D eigenvalue weighted by atomic mass is 16.3. The van der Waals surface area contributed by atoms with Crippen LogP contribution in [0.15, 0.2) is 30.3 Å². The number of hydrogen-bond donors (Lipinski definition) is 2. The van der Waals surface area contributed by atoms with Crippen LogP contribution in [0.4, 0.5) is 0 Å². The van der Waals surface area contributed by atoms with Crippen LogP contribution >= 0.6 is 0 Å². The van der Waals surface area contributed by atoms with Crippen LogP contribution in [-0.4, -0.2) is 5.11 Å². The van der Waals surface area contributed by atoms with Crippen molar-refractivity contribution in [1.29, 1.82) is 0 Å². The van der Waals surface area contributed by atoms with E-state index in [1.807, 2.05) is 26.0 Å². The lowest BCUT2D eigenvalue weighted by Crippen LogP contribution is -2.19. The van der Waals surface area contributed by atoms with Crippen molar-refractivity contribution >= 4 is 0 Å². The number of aromatic hydroxyl groups is 1. The van der Waals surface area contributed by atoms with Crippen molar-refractivity contribution in [2.45, 2.75) is 47.2 Å². The van der Waals surface area contributed by atoms with Crippen molar-refractivity contribution in [1.82, 2.24) is 5.32 Å². The zero-order valence-electron chi connectivity index (χ0n) is 13.6. The smallest absolute Gasteiger partial charge is 0.121 e. The van der Waals surface area contributed by atoms with Gasteiger partial charge in [0.2, 0.25) is 0 Å². The van der Waals surface area contributed by atoms with Crippen LogP contribution in [-0.2, 0) is 6.54 Å². The zero-order valence-corrected chi connectivity index (χ0v) is 13.6. The van der Waals surface area contributed by atoms with Crippen molar-refractivity contribution in [3.63, 3.8) is 0 Å². The first-order valence-electron chi connectivity index (χ1n) is 7.48. The molecule has 0 amide bonds. The second kappa shape index (κ2) is 6.31. The summed E-state index contributed by atoms with van der Waals surface area (Å²) in [6.07, 6.45) is 0. The molecule has 2 N–H and O–H groups in total. The number of hydrogen-bond acceptors (Lipinski definition) is 2. The van der Waals surface area contributed by atoms with Gasteiger partial charge in [-0.3, -0.25) is 0 Å². The molecule has 2 aromatic carbocycles. The molecule has 0 saturated heterocycles. The lowest BCUT2D eigenvalue weighted by Gasteiger charge is -2.18. The van der Waals surface area contributed by atoms with Crippen LogP contribution in [0.25, 0.3) is 0 Å². The second-order valence-electron chi connectivity index (χ2n) is 6.04. The molecule has 2 heteroatoms. The number of benzene rings is 2. The van der Waals surface area contributed by atoms with Gasteiger partial charge in [0.05, 0.1) is 0 Å². The first-order chi connectivity index (χ1) is 9.88. The van der Waals surface area contributed by atoms with E-state index in [-0.39, 0.29) is 0 Å². The Bertz CT molecular complexity index is 623. The standard InChI is InChI=1S/C19H25NO/c1-12-6-7-18(13(2)8-12)16(5)20-11-17-9-14(3)19(21)15(4)10-17/h6-10,16,20-21H,11H2,1-5H3. The van der Waals surface area contributed by atoms with Crippen molar-refractivity contribution in [2.75, 3.05) is 0 Å². The molecule has 0 aliphatic carbocycles. The van der Waals surface area contributed by atoms with Gasteiger partial charge >= 0.3 is 0 Å². The number of phenols is 1. The minimum atomic E-state index is 0.306. The Labute approximate surface area is 127 Å². The molecule has 1 unspecified atom stereocenters. The molecular weight excluding hydrogens is 258 g/mol. The van der Waals surface area contributed by atoms with Crippen molar-refractivity contribution < 1.29 is 5.11 Å². The Hall–Kier alpha value is -1.80. The van der Waals surface area contributed by atoms with Crippen LogP contribution < -0.4 is 5.32 Å². The topological polar surface area (TPSA) is 32.3 Å². The lowest BCUT2D eigenvalue weighted by molar-refractivity contribution is 0.466. The maximum Gasteiger partial charge on any atom is 0.121 e. The van der Waals surface area contributed by atoms with Gasteiger partial charge in [-0.2, -0.15) is 0 Å². The monoisotopic (exact) mass is 283 g/mol. The molecule has 0 spiro atoms. The average molecular weight is 283 g/mol. The Morgan fingerprint density at radius 1 is 0.952 bits per heavy atom. The van der Waals surface area contributed by atoms with Crippen LogP contribution in [0.2, 0.25) is 0 Å². The van der Waals surface area contributed by atoms with Gasteiger partial charge in [-0.05, 0) is 62.4 Å². The van der Waals surface area contributed by atoms with E-state index in [9.17, 15) is 5.11 Å². The normalized spacial score (nSPS) is 12.4. The molecule has 2 nitrogen and oxygen atoms in total. The molecule has 112 valence electrons. The molecular formula is C19H25NO. The molecule has 0 aromatic heterocycles. The molecule has 0 heterocycles. The van der Waals surface area contributed by atoms with E-state index in [1.165, 1.54) is 22.3 Å². The third-order valence-electron chi connectivity index (χ3n) is 4.06. The summed E-state index contributed by atoms with van der Waals surface area (Å²) in [5, 5.41) is 13.4. The predicted octanol–water partition coefficient (Wildman–Crippen LogP) is 4.48. The Balaban J connectivity index is 2.09. The molecule has 0 radical (unpaired) electrons. The SMILES string of the molecule is Cc1ccc(C(C)NCc2cc(C)c(O)c(C)c2)c(C)c1. The quantitative estimate of drug-likeness (QED) is 0.867. The van der Waals surface area contributed by atoms with E-state index >= 15 is 0 Å². The van der Waals surface area contributed by atoms with Crippen molar-refractivity contribution in [2.24, 2.45) is 0 Å². The molecule has 1 atom stereocenters. The van der Waals surface area contributed by atoms with Gasteiger partial charge in [0.15, 0.2) is 0 Å². The number of nitrogens with one attached hydrogen (secondary N) is 1. The van der Waals surface area contributed by atoms with Gasteiger partial charge in [-0.15, -0.1) is 0 Å². The summed E-state index contributed by atoms with van der Waals surface area (Å²) in [4.78, 5) is 0. The van der Waals surface area contributed by atoms with Crippen LogP contribution in [0.5, 0.6) is 5.75 Å². The summed E-state index contributed by atoms with van der Waals surface area (Å²) in [5.74, 6) is 0.404. The summed E-state index contributed by atoms with van der Waals surface area (Å²) in [6, 6.07) is 11.0. The summed E-state index contributed by atoms with van der Waals surface area (Å²) in [6.45, 7) is 11.2. The number of rotatable bonds is 4. The first kappa shape index (κ1) is 15.6. The Morgan fingerprint density at radius 3 is 2.14 bits per heavy atom. The summed E-state index contributed by atoms with van der Waals surface area (Å²) >= 11 is 0. The van der Waals surface area contributed by atoms with Crippen molar-refractivity contribution in [3.05, 3.63) is 63.7 Å². The molecule has 2 aromatic rings. The van der Waals surface area contributed by atoms with Crippen LogP contribution in [0.1, 0.15) is 46.3 Å². The summed E-state index contributed by atoms with van der Waals surface area (Å²) in [5.41, 5.74) is 7.05. The van der Waals surface area contributed by atoms with Crippen LogP contribution in [0, 0.1) is 27.7 Å². The fourth-order valence-corrected chi connectivity index (χ4v) is 2.84. The maximum atomic E-state index is 9.83. The largest absolute Gasteiger partial charge is 0.507 e. The third kappa shape index (κ3) is 3.64. The molecule has 0 fully saturated rings. The highest BCUT2D eigenvalue weighted by Gasteiger charge is 2.09. The summed E-state index contributed by atoms with van der Waals surface area (Å²) < 4.78 is 0. The molecule has 0 bridgehead atoms. The first-order valence-corrected chi connectivity index (χ1v) is 7.48. The van der Waals surface area contributed by atoms with Gasteiger partial charge < -0.3 is 10.4 Å². The number of phenolic OH excluding ortho intramolecular Hbond substituents is 1. The molecule has 0 saturated carbocycles. The maximum absolute atomic E-state index is 9.83. The molecule has 0 aliphatic rings. The zero-order chi connectivity index (χ0) is 15.6. The van der Waals surface area contributed by atoms with Crippen molar-refractivity contribution in [3.8, 4) is 5.75 Å². The van der Waals surface area contributed by atoms with Gasteiger partial charge in [0.25, 0.3) is 0 Å². The number of aryl methyl sites for hydroxylation is 4. The fraction of sp³-hybridized carbons (Fsp3) is 0.368. The molecule has 0 aliphatic heterocycles. The minimum Gasteiger partial charge on any atom is -0.507 e. The van der Waals surface area contributed by atoms with E-state index in [4.69, 9.17) is 0 Å². The summed E-state index contributed by atoms with van der Waals surface area (Å²) in [7, 11) is 0. The predicted molar refractivity (Wildman–Crippen MR) is 88.8 cm³/mol. The highest BCUT2D eigenvalue weighted by molar-refractivity contribution is 5.42. The average Bonchev–Trinajstić information content (AvgIpc) is 2.42. The van der Waals surface area contributed by atoms with Gasteiger partial charge in [-0.25, -0.2) is 0 Å². The van der Waals surface area contributed by atoms with Gasteiger partial charge in [-0.1, -0.05) is 35.9 Å². The third-order valence-corrected chi connectivity index (χ3v) is 4.06. The lowest BCUT2D eigenvalue weighted by atomic mass is 10.00. The molecule has 2 rings (SSSR count). The molecule has 21 heavy (non-hydrogen) atoms. The van der Waals surface area contributed by atoms with E-state index in [0.717, 1.165) is 17.7 Å². The van der Waals surface area contributed by atoms with E-state index in [2.05, 4.69) is 44.3 Å². The van der Waals surface area contributed by atoms with Gasteiger partial charge in [0, 0.05) is 12.6 Å². The Kier molecular flexibility index (Phi) is 4.69. The fourth-order valence-electron chi connectivity index (χ4n) is 2.84. The highest BCUT2D eigenvalue weighted by Crippen LogP contribution is 2.24. The van der Waals surface area contributed by atoms with Crippen LogP contribution in [0.3, 0.4) is 0 Å². The van der Waals surface area contributed by atoms with E-state index in [1.54, 1.807) is 0 Å². The van der Waals surface area contributed by atoms with E-state index < -0.39 is 0 Å². The second-order valence-corrected chi connectivity index (χ2v) is 6.04. The minimum absolute atomic E-state index is 0.306.